The summed E-state index contributed by atoms with van der Waals surface area (Å²) in [7, 11) is 0. The first-order valence-electron chi connectivity index (χ1n) is 6.88. The van der Waals surface area contributed by atoms with Gasteiger partial charge in [-0.15, -0.1) is 11.3 Å². The first-order chi connectivity index (χ1) is 9.63. The van der Waals surface area contributed by atoms with Crippen LogP contribution in [0.25, 0.3) is 10.2 Å². The molecule has 2 N–H and O–H groups in total. The number of rotatable bonds is 7. The van der Waals surface area contributed by atoms with Gasteiger partial charge in [-0.25, -0.2) is 4.98 Å². The maximum absolute atomic E-state index is 9.32. The summed E-state index contributed by atoms with van der Waals surface area (Å²) in [5, 5.41) is 14.3. The van der Waals surface area contributed by atoms with Crippen LogP contribution >= 0.6 is 23.1 Å². The minimum Gasteiger partial charge on any atom is -0.395 e. The zero-order valence-corrected chi connectivity index (χ0v) is 13.8. The van der Waals surface area contributed by atoms with Crippen LogP contribution < -0.4 is 5.32 Å². The topological polar surface area (TPSA) is 45.1 Å². The molecule has 0 bridgehead atoms. The number of nitrogens with one attached hydrogen (secondary N) is 1. The van der Waals surface area contributed by atoms with E-state index in [-0.39, 0.29) is 11.9 Å². The van der Waals surface area contributed by atoms with Crippen LogP contribution in [-0.2, 0) is 6.42 Å². The fourth-order valence-corrected chi connectivity index (χ4v) is 4.05. The molecule has 0 aliphatic rings. The Balaban J connectivity index is 1.95. The van der Waals surface area contributed by atoms with Crippen LogP contribution in [0.3, 0.4) is 0 Å². The first-order valence-corrected chi connectivity index (χ1v) is 8.98. The average molecular weight is 310 g/mol. The number of aliphatic hydroxyl groups is 1. The van der Waals surface area contributed by atoms with Gasteiger partial charge < -0.3 is 10.4 Å². The summed E-state index contributed by atoms with van der Waals surface area (Å²) < 4.78 is 1.25. The van der Waals surface area contributed by atoms with Gasteiger partial charge in [-0.1, -0.05) is 12.1 Å². The highest BCUT2D eigenvalue weighted by molar-refractivity contribution is 7.99. The van der Waals surface area contributed by atoms with Gasteiger partial charge in [-0.05, 0) is 32.2 Å². The number of aromatic nitrogens is 1. The maximum atomic E-state index is 9.32. The zero-order chi connectivity index (χ0) is 14.5. The standard InChI is InChI=1S/C15H22N2OS2/c1-10(16-11(2)14(9-18)19-3)8-15-17-12-6-4-5-7-13(12)20-15/h4-7,10-11,14,16,18H,8-9H2,1-3H3. The normalized spacial score (nSPS) is 16.2. The van der Waals surface area contributed by atoms with E-state index < -0.39 is 0 Å². The van der Waals surface area contributed by atoms with Crippen LogP contribution in [0.4, 0.5) is 0 Å². The molecule has 0 saturated carbocycles. The summed E-state index contributed by atoms with van der Waals surface area (Å²) in [4.78, 5) is 4.67. The fourth-order valence-electron chi connectivity index (χ4n) is 2.32. The lowest BCUT2D eigenvalue weighted by molar-refractivity contribution is 0.271. The second-order valence-corrected chi connectivity index (χ2v) is 7.28. The van der Waals surface area contributed by atoms with Crippen molar-refractivity contribution in [1.29, 1.82) is 0 Å². The predicted octanol–water partition coefficient (Wildman–Crippen LogP) is 2.93. The number of nitrogens with zero attached hydrogens (tertiary/aromatic N) is 1. The lowest BCUT2D eigenvalue weighted by atomic mass is 10.1. The van der Waals surface area contributed by atoms with Crippen molar-refractivity contribution in [2.24, 2.45) is 0 Å². The van der Waals surface area contributed by atoms with Gasteiger partial charge in [0.15, 0.2) is 0 Å². The summed E-state index contributed by atoms with van der Waals surface area (Å²) in [6, 6.07) is 8.91. The quantitative estimate of drug-likeness (QED) is 0.825. The molecule has 2 rings (SSSR count). The molecule has 3 atom stereocenters. The largest absolute Gasteiger partial charge is 0.395 e. The summed E-state index contributed by atoms with van der Waals surface area (Å²) in [6.45, 7) is 4.52. The molecule has 1 aromatic heterocycles. The third kappa shape index (κ3) is 3.95. The second kappa shape index (κ2) is 7.41. The highest BCUT2D eigenvalue weighted by Crippen LogP contribution is 2.22. The van der Waals surface area contributed by atoms with Crippen LogP contribution in [0.2, 0.25) is 0 Å². The highest BCUT2D eigenvalue weighted by atomic mass is 32.2. The van der Waals surface area contributed by atoms with Crippen molar-refractivity contribution in [3.63, 3.8) is 0 Å². The number of hydrogen-bond acceptors (Lipinski definition) is 5. The van der Waals surface area contributed by atoms with Crippen molar-refractivity contribution in [2.45, 2.75) is 37.6 Å². The minimum absolute atomic E-state index is 0.211. The molecule has 3 nitrogen and oxygen atoms in total. The molecule has 0 spiro atoms. The third-order valence-electron chi connectivity index (χ3n) is 3.41. The van der Waals surface area contributed by atoms with Crippen molar-refractivity contribution >= 4 is 33.3 Å². The highest BCUT2D eigenvalue weighted by Gasteiger charge is 2.18. The number of hydrogen-bond donors (Lipinski definition) is 2. The number of benzene rings is 1. The second-order valence-electron chi connectivity index (χ2n) is 5.09. The molecule has 5 heteroatoms. The van der Waals surface area contributed by atoms with Gasteiger partial charge in [0.1, 0.15) is 0 Å². The summed E-state index contributed by atoms with van der Waals surface area (Å²) in [5.74, 6) is 0. The van der Waals surface area contributed by atoms with Gasteiger partial charge >= 0.3 is 0 Å². The maximum Gasteiger partial charge on any atom is 0.0954 e. The van der Waals surface area contributed by atoms with E-state index in [1.165, 1.54) is 9.71 Å². The van der Waals surface area contributed by atoms with E-state index in [0.29, 0.717) is 12.1 Å². The monoisotopic (exact) mass is 310 g/mol. The first kappa shape index (κ1) is 15.8. The number of fused-ring (bicyclic) bond motifs is 1. The van der Waals surface area contributed by atoms with Crippen LogP contribution in [-0.4, -0.2) is 40.3 Å². The summed E-state index contributed by atoms with van der Waals surface area (Å²) in [5.41, 5.74) is 1.09. The van der Waals surface area contributed by atoms with Gasteiger partial charge in [0.25, 0.3) is 0 Å². The van der Waals surface area contributed by atoms with Crippen molar-refractivity contribution in [3.8, 4) is 0 Å². The molecule has 0 fully saturated rings. The van der Waals surface area contributed by atoms with Crippen molar-refractivity contribution < 1.29 is 5.11 Å². The Morgan fingerprint density at radius 1 is 1.35 bits per heavy atom. The SMILES string of the molecule is CSC(CO)C(C)NC(C)Cc1nc2ccccc2s1. The molecule has 1 heterocycles. The molecular weight excluding hydrogens is 288 g/mol. The van der Waals surface area contributed by atoms with Crippen molar-refractivity contribution in [1.82, 2.24) is 10.3 Å². The van der Waals surface area contributed by atoms with Crippen molar-refractivity contribution in [3.05, 3.63) is 29.3 Å². The van der Waals surface area contributed by atoms with Crippen LogP contribution in [0.1, 0.15) is 18.9 Å². The Kier molecular flexibility index (Phi) is 5.84. The Hall–Kier alpha value is -0.620. The van der Waals surface area contributed by atoms with E-state index in [1.807, 2.05) is 12.3 Å². The number of para-hydroxylation sites is 1. The molecule has 20 heavy (non-hydrogen) atoms. The van der Waals surface area contributed by atoms with Crippen LogP contribution in [0.15, 0.2) is 24.3 Å². The Bertz CT molecular complexity index is 506. The Morgan fingerprint density at radius 3 is 2.75 bits per heavy atom. The Labute approximate surface area is 128 Å². The zero-order valence-electron chi connectivity index (χ0n) is 12.2. The van der Waals surface area contributed by atoms with Crippen LogP contribution in [0.5, 0.6) is 0 Å². The van der Waals surface area contributed by atoms with Gasteiger partial charge in [0, 0.05) is 23.8 Å². The third-order valence-corrected chi connectivity index (χ3v) is 5.63. The molecule has 110 valence electrons. The van der Waals surface area contributed by atoms with Gasteiger partial charge in [0.05, 0.1) is 21.8 Å². The van der Waals surface area contributed by atoms with E-state index >= 15 is 0 Å². The molecule has 2 aromatic rings. The van der Waals surface area contributed by atoms with E-state index in [4.69, 9.17) is 0 Å². The molecule has 0 radical (unpaired) electrons. The number of thiazole rings is 1. The average Bonchev–Trinajstić information content (AvgIpc) is 2.81. The van der Waals surface area contributed by atoms with Crippen LogP contribution in [0, 0.1) is 0 Å². The van der Waals surface area contributed by atoms with E-state index in [0.717, 1.165) is 11.9 Å². The molecule has 0 saturated heterocycles. The molecule has 0 amide bonds. The van der Waals surface area contributed by atoms with Gasteiger partial charge in [-0.3, -0.25) is 0 Å². The van der Waals surface area contributed by atoms with E-state index in [2.05, 4.69) is 42.3 Å². The van der Waals surface area contributed by atoms with E-state index in [9.17, 15) is 5.11 Å². The molecule has 1 aromatic carbocycles. The van der Waals surface area contributed by atoms with Gasteiger partial charge in [0.2, 0.25) is 0 Å². The lowest BCUT2D eigenvalue weighted by Crippen LogP contribution is -2.43. The lowest BCUT2D eigenvalue weighted by Gasteiger charge is -2.25. The predicted molar refractivity (Wildman–Crippen MR) is 89.8 cm³/mol. The van der Waals surface area contributed by atoms with E-state index in [1.54, 1.807) is 23.1 Å². The minimum atomic E-state index is 0.211. The smallest absolute Gasteiger partial charge is 0.0954 e. The molecule has 3 unspecified atom stereocenters. The Morgan fingerprint density at radius 2 is 2.10 bits per heavy atom. The molecule has 0 aliphatic heterocycles. The molecule has 0 aliphatic carbocycles. The fraction of sp³-hybridized carbons (Fsp3) is 0.533. The number of thioether (sulfide) groups is 1. The van der Waals surface area contributed by atoms with Gasteiger partial charge in [-0.2, -0.15) is 11.8 Å². The summed E-state index contributed by atoms with van der Waals surface area (Å²) >= 11 is 3.47. The number of aliphatic hydroxyl groups excluding tert-OH is 1. The summed E-state index contributed by atoms with van der Waals surface area (Å²) in [6.07, 6.45) is 2.97. The molecular formula is C15H22N2OS2. The van der Waals surface area contributed by atoms with Crippen molar-refractivity contribution in [2.75, 3.05) is 12.9 Å².